The molecule has 3 atom stereocenters. The van der Waals surface area contributed by atoms with Crippen molar-refractivity contribution in [1.82, 2.24) is 5.32 Å². The molecule has 1 aliphatic heterocycles. The van der Waals surface area contributed by atoms with Gasteiger partial charge in [0, 0.05) is 12.2 Å². The van der Waals surface area contributed by atoms with Gasteiger partial charge in [-0.05, 0) is 50.4 Å². The Labute approximate surface area is 208 Å². The zero-order valence-electron chi connectivity index (χ0n) is 20.5. The molecule has 2 rings (SSSR count). The molecule has 0 saturated heterocycles. The smallest absolute Gasteiger partial charge is 0.321 e. The van der Waals surface area contributed by atoms with Gasteiger partial charge in [0.05, 0.1) is 0 Å². The minimum Gasteiger partial charge on any atom is -0.616 e. The van der Waals surface area contributed by atoms with Gasteiger partial charge >= 0.3 is 5.97 Å². The Kier molecular flexibility index (Phi) is 16.6. The average Bonchev–Trinajstić information content (AvgIpc) is 3.27. The molecule has 1 heterocycles. The van der Waals surface area contributed by atoms with E-state index in [1.165, 1.54) is 37.7 Å². The quantitative estimate of drug-likeness (QED) is 0.164. The summed E-state index contributed by atoms with van der Waals surface area (Å²) in [6, 6.07) is 5.51. The van der Waals surface area contributed by atoms with E-state index in [2.05, 4.69) is 38.7 Å². The van der Waals surface area contributed by atoms with Gasteiger partial charge < -0.3 is 24.4 Å². The molecule has 0 spiro atoms. The molecule has 0 saturated carbocycles. The molecule has 2 N–H and O–H groups in total. The number of hydrogen-bond acceptors (Lipinski definition) is 6. The number of carboxylic acid groups (broad SMARTS) is 1. The van der Waals surface area contributed by atoms with Gasteiger partial charge in [-0.25, -0.2) is 0 Å². The minimum atomic E-state index is -0.823. The van der Waals surface area contributed by atoms with Crippen molar-refractivity contribution in [1.29, 1.82) is 0 Å². The molecule has 8 heteroatoms. The van der Waals surface area contributed by atoms with Crippen LogP contribution in [-0.4, -0.2) is 51.8 Å². The SMILES string of the molecule is CCCCCCCC[S+]([O-])C(C)Cc1ccc2c(c1)OCO2.CCCCN[C@@H](CS)C(=O)O. The summed E-state index contributed by atoms with van der Waals surface area (Å²) in [4.78, 5) is 10.4. The van der Waals surface area contributed by atoms with Crippen LogP contribution in [0.15, 0.2) is 18.2 Å². The first-order valence-corrected chi connectivity index (χ1v) is 14.3. The summed E-state index contributed by atoms with van der Waals surface area (Å²) in [5, 5.41) is 11.6. The first kappa shape index (κ1) is 29.9. The van der Waals surface area contributed by atoms with Crippen molar-refractivity contribution in [2.45, 2.75) is 89.9 Å². The van der Waals surface area contributed by atoms with E-state index >= 15 is 0 Å². The Bertz CT molecular complexity index is 662. The fourth-order valence-corrected chi connectivity index (χ4v) is 4.96. The number of hydrogen-bond donors (Lipinski definition) is 3. The van der Waals surface area contributed by atoms with Crippen LogP contribution in [0.1, 0.15) is 77.7 Å². The largest absolute Gasteiger partial charge is 0.616 e. The second-order valence-corrected chi connectivity index (χ2v) is 10.8. The van der Waals surface area contributed by atoms with E-state index in [1.54, 1.807) is 0 Å². The van der Waals surface area contributed by atoms with E-state index in [9.17, 15) is 9.35 Å². The van der Waals surface area contributed by atoms with Crippen LogP contribution in [-0.2, 0) is 22.4 Å². The Hall–Kier alpha value is -1.09. The summed E-state index contributed by atoms with van der Waals surface area (Å²) >= 11 is 3.17. The summed E-state index contributed by atoms with van der Waals surface area (Å²) < 4.78 is 23.0. The summed E-state index contributed by atoms with van der Waals surface area (Å²) in [5.74, 6) is 1.98. The molecule has 190 valence electrons. The molecule has 0 aromatic heterocycles. The summed E-state index contributed by atoms with van der Waals surface area (Å²) in [6.07, 6.45) is 10.4. The fraction of sp³-hybridized carbons (Fsp3) is 0.720. The van der Waals surface area contributed by atoms with E-state index in [4.69, 9.17) is 14.6 Å². The van der Waals surface area contributed by atoms with Crippen LogP contribution >= 0.6 is 12.6 Å². The van der Waals surface area contributed by atoms with Crippen molar-refractivity contribution in [3.63, 3.8) is 0 Å². The second kappa shape index (κ2) is 18.3. The molecule has 6 nitrogen and oxygen atoms in total. The number of carboxylic acids is 1. The lowest BCUT2D eigenvalue weighted by molar-refractivity contribution is -0.138. The van der Waals surface area contributed by atoms with Gasteiger partial charge in [0.2, 0.25) is 6.79 Å². The lowest BCUT2D eigenvalue weighted by atomic mass is 10.1. The molecule has 0 radical (unpaired) electrons. The molecular weight excluding hydrogens is 458 g/mol. The van der Waals surface area contributed by atoms with E-state index in [-0.39, 0.29) is 5.25 Å². The number of carbonyl (C=O) groups is 1. The number of fused-ring (bicyclic) bond motifs is 1. The van der Waals surface area contributed by atoms with Crippen LogP contribution in [0.25, 0.3) is 0 Å². The van der Waals surface area contributed by atoms with Crippen LogP contribution in [0.5, 0.6) is 11.5 Å². The fourth-order valence-electron chi connectivity index (χ4n) is 3.40. The van der Waals surface area contributed by atoms with Gasteiger partial charge in [0.15, 0.2) is 11.5 Å². The molecular formula is C25H43NO5S2. The molecule has 1 aromatic carbocycles. The van der Waals surface area contributed by atoms with Gasteiger partial charge in [-0.15, -0.1) is 0 Å². The Morgan fingerprint density at radius 1 is 1.12 bits per heavy atom. The lowest BCUT2D eigenvalue weighted by Gasteiger charge is -2.18. The van der Waals surface area contributed by atoms with E-state index in [0.29, 0.717) is 12.5 Å². The van der Waals surface area contributed by atoms with Crippen molar-refractivity contribution in [3.05, 3.63) is 23.8 Å². The summed E-state index contributed by atoms with van der Waals surface area (Å²) in [6.45, 7) is 7.44. The van der Waals surface area contributed by atoms with Crippen molar-refractivity contribution < 1.29 is 23.9 Å². The highest BCUT2D eigenvalue weighted by Gasteiger charge is 2.19. The zero-order chi connectivity index (χ0) is 24.5. The number of unbranched alkanes of at least 4 members (excludes halogenated alkanes) is 6. The highest BCUT2D eigenvalue weighted by molar-refractivity contribution is 7.92. The second-order valence-electron chi connectivity index (χ2n) is 8.44. The topological polar surface area (TPSA) is 90.9 Å². The number of benzene rings is 1. The van der Waals surface area contributed by atoms with E-state index < -0.39 is 23.2 Å². The first-order chi connectivity index (χ1) is 15.9. The van der Waals surface area contributed by atoms with Crippen molar-refractivity contribution in [2.75, 3.05) is 24.8 Å². The van der Waals surface area contributed by atoms with Crippen molar-refractivity contribution in [3.8, 4) is 11.5 Å². The van der Waals surface area contributed by atoms with Gasteiger partial charge in [-0.1, -0.05) is 63.2 Å². The van der Waals surface area contributed by atoms with Crippen LogP contribution in [0, 0.1) is 0 Å². The minimum absolute atomic E-state index is 0.191. The van der Waals surface area contributed by atoms with Crippen LogP contribution < -0.4 is 14.8 Å². The molecule has 1 aliphatic rings. The zero-order valence-corrected chi connectivity index (χ0v) is 22.2. The third-order valence-electron chi connectivity index (χ3n) is 5.51. The molecule has 2 unspecified atom stereocenters. The summed E-state index contributed by atoms with van der Waals surface area (Å²) in [7, 11) is 0. The highest BCUT2D eigenvalue weighted by atomic mass is 32.2. The maximum atomic E-state index is 12.3. The van der Waals surface area contributed by atoms with Crippen LogP contribution in [0.4, 0.5) is 0 Å². The monoisotopic (exact) mass is 501 g/mol. The van der Waals surface area contributed by atoms with Crippen molar-refractivity contribution >= 4 is 29.8 Å². The number of thiol groups is 1. The highest BCUT2D eigenvalue weighted by Crippen LogP contribution is 2.33. The van der Waals surface area contributed by atoms with E-state index in [1.807, 2.05) is 18.2 Å². The maximum absolute atomic E-state index is 12.3. The number of rotatable bonds is 16. The molecule has 0 fully saturated rings. The van der Waals surface area contributed by atoms with Crippen LogP contribution in [0.2, 0.25) is 0 Å². The van der Waals surface area contributed by atoms with E-state index in [0.717, 1.165) is 49.5 Å². The summed E-state index contributed by atoms with van der Waals surface area (Å²) in [5.41, 5.74) is 1.17. The van der Waals surface area contributed by atoms with Gasteiger partial charge in [0.1, 0.15) is 17.0 Å². The van der Waals surface area contributed by atoms with Crippen molar-refractivity contribution in [2.24, 2.45) is 0 Å². The number of ether oxygens (including phenoxy) is 2. The number of nitrogens with one attached hydrogen (secondary N) is 1. The Morgan fingerprint density at radius 3 is 2.45 bits per heavy atom. The molecule has 0 amide bonds. The third kappa shape index (κ3) is 12.8. The maximum Gasteiger partial charge on any atom is 0.321 e. The standard InChI is InChI=1S/C18H28O3S.C7H15NO2S/c1-3-4-5-6-7-8-11-22(19)15(2)12-16-9-10-17-18(13-16)21-14-20-17;1-2-3-4-8-6(5-11)7(9)10/h9-10,13,15H,3-8,11-12,14H2,1-2H3;6,8,11H,2-5H2,1H3,(H,9,10)/t;6-/m.0/s1. The Balaban J connectivity index is 0.000000420. The number of aliphatic carboxylic acids is 1. The van der Waals surface area contributed by atoms with Crippen LogP contribution in [0.3, 0.4) is 0 Å². The van der Waals surface area contributed by atoms with Gasteiger partial charge in [0.25, 0.3) is 0 Å². The lowest BCUT2D eigenvalue weighted by Crippen LogP contribution is -2.38. The third-order valence-corrected chi connectivity index (χ3v) is 7.63. The van der Waals surface area contributed by atoms with Gasteiger partial charge in [-0.3, -0.25) is 4.79 Å². The molecule has 1 aromatic rings. The predicted octanol–water partition coefficient (Wildman–Crippen LogP) is 5.21. The molecule has 33 heavy (non-hydrogen) atoms. The average molecular weight is 502 g/mol. The molecule has 0 aliphatic carbocycles. The van der Waals surface area contributed by atoms with Gasteiger partial charge in [-0.2, -0.15) is 12.6 Å². The first-order valence-electron chi connectivity index (χ1n) is 12.3. The normalized spacial score (nSPS) is 14.8. The molecule has 0 bridgehead atoms. The predicted molar refractivity (Wildman–Crippen MR) is 140 cm³/mol. The Morgan fingerprint density at radius 2 is 1.79 bits per heavy atom.